The summed E-state index contributed by atoms with van der Waals surface area (Å²) < 4.78 is 37.1. The quantitative estimate of drug-likeness (QED) is 0.712. The minimum atomic E-state index is -3.18. The van der Waals surface area contributed by atoms with Gasteiger partial charge in [-0.25, -0.2) is 8.42 Å². The smallest absolute Gasteiger partial charge is 0.217 e. The van der Waals surface area contributed by atoms with E-state index in [9.17, 15) is 8.42 Å². The van der Waals surface area contributed by atoms with Gasteiger partial charge in [-0.1, -0.05) is 15.9 Å². The molecule has 2 aliphatic heterocycles. The molecular formula is C10H18BrNO4S. The molecule has 1 unspecified atom stereocenters. The van der Waals surface area contributed by atoms with Gasteiger partial charge in [0.25, 0.3) is 0 Å². The Kier molecular flexibility index (Phi) is 4.82. The van der Waals surface area contributed by atoms with Crippen molar-refractivity contribution in [3.63, 3.8) is 0 Å². The van der Waals surface area contributed by atoms with Crippen LogP contribution in [0.3, 0.4) is 0 Å². The van der Waals surface area contributed by atoms with Gasteiger partial charge in [0.15, 0.2) is 0 Å². The van der Waals surface area contributed by atoms with Crippen molar-refractivity contribution in [2.45, 2.75) is 24.2 Å². The van der Waals surface area contributed by atoms with Gasteiger partial charge in [0.05, 0.1) is 18.0 Å². The molecule has 0 radical (unpaired) electrons. The Morgan fingerprint density at radius 2 is 1.94 bits per heavy atom. The molecule has 0 spiro atoms. The molecule has 2 saturated heterocycles. The van der Waals surface area contributed by atoms with E-state index in [0.717, 1.165) is 0 Å². The van der Waals surface area contributed by atoms with Crippen LogP contribution in [-0.4, -0.2) is 62.3 Å². The molecular weight excluding hydrogens is 310 g/mol. The number of morpholine rings is 1. The highest BCUT2D eigenvalue weighted by atomic mass is 79.9. The lowest BCUT2D eigenvalue weighted by Gasteiger charge is -2.34. The number of halogens is 1. The van der Waals surface area contributed by atoms with Crippen LogP contribution in [0.1, 0.15) is 12.8 Å². The molecule has 2 heterocycles. The number of nitrogens with zero attached hydrogens (tertiary/aromatic N) is 1. The average Bonchev–Trinajstić information content (AvgIpc) is 2.40. The van der Waals surface area contributed by atoms with Gasteiger partial charge in [-0.05, 0) is 12.8 Å². The summed E-state index contributed by atoms with van der Waals surface area (Å²) >= 11 is 3.33. The van der Waals surface area contributed by atoms with E-state index < -0.39 is 10.0 Å². The maximum atomic E-state index is 12.4. The van der Waals surface area contributed by atoms with Gasteiger partial charge in [-0.2, -0.15) is 4.31 Å². The first kappa shape index (κ1) is 13.7. The SMILES string of the molecule is O=S(=O)(C1CCOCC1)N1CCOC(CBr)C1. The first-order valence-corrected chi connectivity index (χ1v) is 8.51. The van der Waals surface area contributed by atoms with Crippen molar-refractivity contribution in [2.24, 2.45) is 0 Å². The van der Waals surface area contributed by atoms with E-state index in [0.29, 0.717) is 51.1 Å². The van der Waals surface area contributed by atoms with Gasteiger partial charge in [0, 0.05) is 31.6 Å². The molecule has 0 aromatic carbocycles. The minimum Gasteiger partial charge on any atom is -0.381 e. The summed E-state index contributed by atoms with van der Waals surface area (Å²) in [6.45, 7) is 2.53. The van der Waals surface area contributed by atoms with E-state index in [-0.39, 0.29) is 11.4 Å². The van der Waals surface area contributed by atoms with Crippen molar-refractivity contribution in [2.75, 3.05) is 38.2 Å². The fourth-order valence-corrected chi connectivity index (χ4v) is 4.51. The maximum Gasteiger partial charge on any atom is 0.217 e. The van der Waals surface area contributed by atoms with Crippen molar-refractivity contribution in [3.05, 3.63) is 0 Å². The highest BCUT2D eigenvalue weighted by Crippen LogP contribution is 2.22. The summed E-state index contributed by atoms with van der Waals surface area (Å²) in [6, 6.07) is 0. The van der Waals surface area contributed by atoms with Crippen LogP contribution in [-0.2, 0) is 19.5 Å². The predicted octanol–water partition coefficient (Wildman–Crippen LogP) is 0.591. The zero-order valence-corrected chi connectivity index (χ0v) is 12.1. The molecule has 7 heteroatoms. The van der Waals surface area contributed by atoms with Gasteiger partial charge < -0.3 is 9.47 Å². The standard InChI is InChI=1S/C10H18BrNO4S/c11-7-9-8-12(3-6-16-9)17(13,14)10-1-4-15-5-2-10/h9-10H,1-8H2. The van der Waals surface area contributed by atoms with Gasteiger partial charge in [0.2, 0.25) is 10.0 Å². The van der Waals surface area contributed by atoms with Gasteiger partial charge >= 0.3 is 0 Å². The maximum absolute atomic E-state index is 12.4. The molecule has 100 valence electrons. The Morgan fingerprint density at radius 1 is 1.24 bits per heavy atom. The molecule has 0 amide bonds. The van der Waals surface area contributed by atoms with E-state index in [1.165, 1.54) is 0 Å². The second-order valence-electron chi connectivity index (χ2n) is 4.36. The highest BCUT2D eigenvalue weighted by molar-refractivity contribution is 9.09. The van der Waals surface area contributed by atoms with Crippen molar-refractivity contribution in [3.8, 4) is 0 Å². The van der Waals surface area contributed by atoms with Crippen molar-refractivity contribution in [1.82, 2.24) is 4.31 Å². The highest BCUT2D eigenvalue weighted by Gasteiger charge is 2.36. The van der Waals surface area contributed by atoms with E-state index in [1.807, 2.05) is 0 Å². The Labute approximate surface area is 111 Å². The second-order valence-corrected chi connectivity index (χ2v) is 7.22. The van der Waals surface area contributed by atoms with Crippen molar-refractivity contribution >= 4 is 26.0 Å². The summed E-state index contributed by atoms with van der Waals surface area (Å²) in [5.74, 6) is 0. The molecule has 0 aromatic rings. The zero-order valence-electron chi connectivity index (χ0n) is 9.68. The van der Waals surface area contributed by atoms with Crippen molar-refractivity contribution in [1.29, 1.82) is 0 Å². The first-order valence-electron chi connectivity index (χ1n) is 5.89. The van der Waals surface area contributed by atoms with Crippen LogP contribution in [0.5, 0.6) is 0 Å². The molecule has 0 bridgehead atoms. The Morgan fingerprint density at radius 3 is 2.59 bits per heavy atom. The normalized spacial score (nSPS) is 29.4. The lowest BCUT2D eigenvalue weighted by Crippen LogP contribution is -2.50. The van der Waals surface area contributed by atoms with Gasteiger partial charge in [-0.15, -0.1) is 0 Å². The predicted molar refractivity (Wildman–Crippen MR) is 67.9 cm³/mol. The van der Waals surface area contributed by atoms with Crippen LogP contribution in [0.4, 0.5) is 0 Å². The molecule has 2 rings (SSSR count). The zero-order chi connectivity index (χ0) is 12.3. The molecule has 17 heavy (non-hydrogen) atoms. The molecule has 0 saturated carbocycles. The first-order chi connectivity index (χ1) is 8.14. The molecule has 0 aliphatic carbocycles. The lowest BCUT2D eigenvalue weighted by molar-refractivity contribution is 0.0126. The Bertz CT molecular complexity index is 342. The molecule has 2 aliphatic rings. The molecule has 0 N–H and O–H groups in total. The Hall–Kier alpha value is 0.310. The summed E-state index contributed by atoms with van der Waals surface area (Å²) in [5, 5.41) is 0.401. The fourth-order valence-electron chi connectivity index (χ4n) is 2.20. The number of ether oxygens (including phenoxy) is 2. The fraction of sp³-hybridized carbons (Fsp3) is 1.00. The van der Waals surface area contributed by atoms with E-state index >= 15 is 0 Å². The molecule has 2 fully saturated rings. The van der Waals surface area contributed by atoms with E-state index in [1.54, 1.807) is 4.31 Å². The third kappa shape index (κ3) is 3.20. The number of hydrogen-bond donors (Lipinski definition) is 0. The van der Waals surface area contributed by atoms with Crippen LogP contribution in [0.15, 0.2) is 0 Å². The van der Waals surface area contributed by atoms with E-state index in [2.05, 4.69) is 15.9 Å². The van der Waals surface area contributed by atoms with E-state index in [4.69, 9.17) is 9.47 Å². The van der Waals surface area contributed by atoms with Crippen LogP contribution >= 0.6 is 15.9 Å². The average molecular weight is 328 g/mol. The lowest BCUT2D eigenvalue weighted by atomic mass is 10.2. The molecule has 0 aromatic heterocycles. The van der Waals surface area contributed by atoms with Crippen LogP contribution in [0.2, 0.25) is 0 Å². The van der Waals surface area contributed by atoms with Crippen LogP contribution < -0.4 is 0 Å². The molecule has 5 nitrogen and oxygen atoms in total. The monoisotopic (exact) mass is 327 g/mol. The number of alkyl halides is 1. The third-order valence-electron chi connectivity index (χ3n) is 3.22. The summed E-state index contributed by atoms with van der Waals surface area (Å²) in [6.07, 6.45) is 1.19. The Balaban J connectivity index is 2.03. The number of sulfonamides is 1. The van der Waals surface area contributed by atoms with Crippen LogP contribution in [0, 0.1) is 0 Å². The number of hydrogen-bond acceptors (Lipinski definition) is 4. The second kappa shape index (κ2) is 5.97. The third-order valence-corrected chi connectivity index (χ3v) is 6.31. The van der Waals surface area contributed by atoms with Gasteiger partial charge in [-0.3, -0.25) is 0 Å². The topological polar surface area (TPSA) is 55.8 Å². The number of rotatable bonds is 3. The molecule has 1 atom stereocenters. The summed E-state index contributed by atoms with van der Waals surface area (Å²) in [7, 11) is -3.18. The van der Waals surface area contributed by atoms with Gasteiger partial charge in [0.1, 0.15) is 0 Å². The minimum absolute atomic E-state index is 0.0293. The van der Waals surface area contributed by atoms with Crippen LogP contribution in [0.25, 0.3) is 0 Å². The largest absolute Gasteiger partial charge is 0.381 e. The summed E-state index contributed by atoms with van der Waals surface area (Å²) in [4.78, 5) is 0. The van der Waals surface area contributed by atoms with Crippen molar-refractivity contribution < 1.29 is 17.9 Å². The summed E-state index contributed by atoms with van der Waals surface area (Å²) in [5.41, 5.74) is 0.